The molecule has 4 unspecified atom stereocenters. The number of carbonyl (C=O) groups is 2. The lowest BCUT2D eigenvalue weighted by Gasteiger charge is -2.31. The van der Waals surface area contributed by atoms with Gasteiger partial charge < -0.3 is 39.8 Å². The Bertz CT molecular complexity index is 521. The first-order valence-electron chi connectivity index (χ1n) is 10.9. The highest BCUT2D eigenvalue weighted by molar-refractivity contribution is 5.78. The summed E-state index contributed by atoms with van der Waals surface area (Å²) < 4.78 is 21.7. The van der Waals surface area contributed by atoms with Crippen LogP contribution in [-0.2, 0) is 28.5 Å². The van der Waals surface area contributed by atoms with Gasteiger partial charge in [-0.2, -0.15) is 0 Å². The Hall–Kier alpha value is -1.30. The molecule has 174 valence electrons. The molecular formula is C20H36N2O8. The van der Waals surface area contributed by atoms with E-state index in [0.29, 0.717) is 39.0 Å². The second-order valence-corrected chi connectivity index (χ2v) is 7.70. The first kappa shape index (κ1) is 25.0. The standard InChI is InChI=1S/C20H36N2O8/c1-14-7-8-16(24)20(30-14)29-13-10-22-18(26)6-2-5-17(25)21-9-12-28-19-15(23)4-3-11-27-19/h14-16,19-20,23-24H,2-13H2,1H3,(H,21,25)(H,22,26)/t14-,15?,16?,19?,20?/m0/s1. The Labute approximate surface area is 177 Å². The minimum atomic E-state index is -0.647. The Balaban J connectivity index is 1.42. The fraction of sp³-hybridized carbons (Fsp3) is 0.900. The largest absolute Gasteiger partial charge is 0.388 e. The molecule has 2 aliphatic rings. The molecule has 0 aromatic carbocycles. The van der Waals surface area contributed by atoms with Gasteiger partial charge in [-0.1, -0.05) is 0 Å². The second-order valence-electron chi connectivity index (χ2n) is 7.70. The van der Waals surface area contributed by atoms with Crippen LogP contribution in [0.15, 0.2) is 0 Å². The van der Waals surface area contributed by atoms with E-state index in [0.717, 1.165) is 12.8 Å². The third-order valence-electron chi connectivity index (χ3n) is 5.01. The highest BCUT2D eigenvalue weighted by Crippen LogP contribution is 2.19. The van der Waals surface area contributed by atoms with E-state index in [-0.39, 0.29) is 44.0 Å². The molecule has 10 nitrogen and oxygen atoms in total. The van der Waals surface area contributed by atoms with Crippen molar-refractivity contribution in [3.8, 4) is 0 Å². The van der Waals surface area contributed by atoms with Crippen LogP contribution in [0.25, 0.3) is 0 Å². The molecule has 5 atom stereocenters. The SMILES string of the molecule is C[C@H]1CCC(O)C(OCCNC(=O)CCCC(=O)NCCOC2OCCCC2O)O1. The fourth-order valence-electron chi connectivity index (χ4n) is 3.30. The number of hydrogen-bond donors (Lipinski definition) is 4. The van der Waals surface area contributed by atoms with Gasteiger partial charge in [-0.3, -0.25) is 9.59 Å². The van der Waals surface area contributed by atoms with Crippen LogP contribution in [0.3, 0.4) is 0 Å². The number of hydrogen-bond acceptors (Lipinski definition) is 8. The molecule has 2 amide bonds. The smallest absolute Gasteiger partial charge is 0.220 e. The lowest BCUT2D eigenvalue weighted by molar-refractivity contribution is -0.235. The summed E-state index contributed by atoms with van der Waals surface area (Å²) in [4.78, 5) is 23.6. The maximum absolute atomic E-state index is 11.8. The van der Waals surface area contributed by atoms with Gasteiger partial charge >= 0.3 is 0 Å². The molecule has 2 heterocycles. The molecule has 0 aromatic rings. The summed E-state index contributed by atoms with van der Waals surface area (Å²) in [6, 6.07) is 0. The zero-order chi connectivity index (χ0) is 21.8. The van der Waals surface area contributed by atoms with Crippen molar-refractivity contribution in [2.75, 3.05) is 32.9 Å². The summed E-state index contributed by atoms with van der Waals surface area (Å²) in [7, 11) is 0. The predicted octanol–water partition coefficient (Wildman–Crippen LogP) is -0.194. The molecule has 30 heavy (non-hydrogen) atoms. The van der Waals surface area contributed by atoms with Crippen molar-refractivity contribution in [3.63, 3.8) is 0 Å². The lowest BCUT2D eigenvalue weighted by atomic mass is 10.1. The average molecular weight is 433 g/mol. The number of nitrogens with one attached hydrogen (secondary N) is 2. The minimum Gasteiger partial charge on any atom is -0.388 e. The molecule has 2 fully saturated rings. The number of carbonyl (C=O) groups excluding carboxylic acids is 2. The van der Waals surface area contributed by atoms with Crippen LogP contribution in [0.2, 0.25) is 0 Å². The zero-order valence-electron chi connectivity index (χ0n) is 17.7. The highest BCUT2D eigenvalue weighted by Gasteiger charge is 2.28. The van der Waals surface area contributed by atoms with Crippen molar-refractivity contribution in [1.29, 1.82) is 0 Å². The summed E-state index contributed by atoms with van der Waals surface area (Å²) in [5.74, 6) is -0.311. The molecule has 0 aliphatic carbocycles. The first-order chi connectivity index (χ1) is 14.5. The highest BCUT2D eigenvalue weighted by atomic mass is 16.7. The molecule has 2 rings (SSSR count). The molecule has 0 aromatic heterocycles. The number of rotatable bonds is 12. The van der Waals surface area contributed by atoms with Gasteiger partial charge in [0.05, 0.1) is 19.3 Å². The van der Waals surface area contributed by atoms with Crippen molar-refractivity contribution >= 4 is 11.8 Å². The van der Waals surface area contributed by atoms with Gasteiger partial charge in [0.25, 0.3) is 0 Å². The van der Waals surface area contributed by atoms with Crippen LogP contribution in [0.5, 0.6) is 0 Å². The van der Waals surface area contributed by atoms with Crippen LogP contribution in [-0.4, -0.2) is 85.8 Å². The Morgan fingerprint density at radius 1 is 0.933 bits per heavy atom. The zero-order valence-corrected chi connectivity index (χ0v) is 17.7. The number of ether oxygens (including phenoxy) is 4. The van der Waals surface area contributed by atoms with Gasteiger partial charge in [-0.05, 0) is 39.0 Å². The molecule has 0 radical (unpaired) electrons. The van der Waals surface area contributed by atoms with E-state index in [1.165, 1.54) is 0 Å². The summed E-state index contributed by atoms with van der Waals surface area (Å²) in [6.45, 7) is 3.65. The molecule has 2 saturated heterocycles. The quantitative estimate of drug-likeness (QED) is 0.312. The maximum atomic E-state index is 11.8. The van der Waals surface area contributed by atoms with E-state index in [1.807, 2.05) is 6.92 Å². The van der Waals surface area contributed by atoms with E-state index in [1.54, 1.807) is 0 Å². The predicted molar refractivity (Wildman–Crippen MR) is 106 cm³/mol. The average Bonchev–Trinajstić information content (AvgIpc) is 2.72. The Morgan fingerprint density at radius 2 is 1.53 bits per heavy atom. The van der Waals surface area contributed by atoms with Crippen molar-refractivity contribution in [2.24, 2.45) is 0 Å². The van der Waals surface area contributed by atoms with Gasteiger partial charge in [0, 0.05) is 32.5 Å². The van der Waals surface area contributed by atoms with Crippen LogP contribution < -0.4 is 10.6 Å². The van der Waals surface area contributed by atoms with Gasteiger partial charge in [0.2, 0.25) is 11.8 Å². The minimum absolute atomic E-state index is 0.0536. The first-order valence-corrected chi connectivity index (χ1v) is 10.9. The second kappa shape index (κ2) is 13.9. The van der Waals surface area contributed by atoms with Gasteiger partial charge in [-0.15, -0.1) is 0 Å². The van der Waals surface area contributed by atoms with Crippen molar-refractivity contribution < 1.29 is 38.7 Å². The van der Waals surface area contributed by atoms with E-state index in [2.05, 4.69) is 10.6 Å². The maximum Gasteiger partial charge on any atom is 0.220 e. The van der Waals surface area contributed by atoms with Crippen molar-refractivity contribution in [2.45, 2.75) is 82.8 Å². The molecule has 2 aliphatic heterocycles. The molecule has 0 bridgehead atoms. The normalized spacial score (nSPS) is 29.4. The summed E-state index contributed by atoms with van der Waals surface area (Å²) in [5, 5.41) is 25.0. The Morgan fingerprint density at radius 3 is 2.17 bits per heavy atom. The van der Waals surface area contributed by atoms with Crippen LogP contribution >= 0.6 is 0 Å². The number of aliphatic hydroxyl groups is 2. The number of aliphatic hydroxyl groups excluding tert-OH is 2. The number of amides is 2. The molecule has 10 heteroatoms. The van der Waals surface area contributed by atoms with Gasteiger partial charge in [0.1, 0.15) is 12.2 Å². The van der Waals surface area contributed by atoms with Gasteiger partial charge in [-0.25, -0.2) is 0 Å². The third-order valence-corrected chi connectivity index (χ3v) is 5.01. The topological polar surface area (TPSA) is 136 Å². The van der Waals surface area contributed by atoms with Crippen molar-refractivity contribution in [1.82, 2.24) is 10.6 Å². The fourth-order valence-corrected chi connectivity index (χ4v) is 3.30. The Kier molecular flexibility index (Phi) is 11.6. The third kappa shape index (κ3) is 9.67. The van der Waals surface area contributed by atoms with Crippen molar-refractivity contribution in [3.05, 3.63) is 0 Å². The molecule has 0 saturated carbocycles. The molecule has 4 N–H and O–H groups in total. The monoisotopic (exact) mass is 432 g/mol. The summed E-state index contributed by atoms with van der Waals surface area (Å²) >= 11 is 0. The van der Waals surface area contributed by atoms with Crippen LogP contribution in [0.1, 0.15) is 51.9 Å². The van der Waals surface area contributed by atoms with E-state index in [4.69, 9.17) is 18.9 Å². The van der Waals surface area contributed by atoms with Gasteiger partial charge in [0.15, 0.2) is 12.6 Å². The van der Waals surface area contributed by atoms with Crippen LogP contribution in [0.4, 0.5) is 0 Å². The van der Waals surface area contributed by atoms with Crippen LogP contribution in [0, 0.1) is 0 Å². The summed E-state index contributed by atoms with van der Waals surface area (Å²) in [6.07, 6.45) is 1.35. The van der Waals surface area contributed by atoms with E-state index in [9.17, 15) is 19.8 Å². The van der Waals surface area contributed by atoms with E-state index < -0.39 is 24.8 Å². The lowest BCUT2D eigenvalue weighted by Crippen LogP contribution is -2.41. The van der Waals surface area contributed by atoms with E-state index >= 15 is 0 Å². The molecule has 0 spiro atoms. The molecular weight excluding hydrogens is 396 g/mol. The summed E-state index contributed by atoms with van der Waals surface area (Å²) in [5.41, 5.74) is 0.